The molecule has 0 aliphatic heterocycles. The van der Waals surface area contributed by atoms with Crippen LogP contribution in [0.25, 0.3) is 0 Å². The number of carboxylic acid groups (broad SMARTS) is 1. The normalized spacial score (nSPS) is 27.8. The topological polar surface area (TPSA) is 69.6 Å². The molecule has 0 unspecified atom stereocenters. The molecule has 4 nitrogen and oxygen atoms in total. The van der Waals surface area contributed by atoms with E-state index in [4.69, 9.17) is 16.7 Å². The minimum absolute atomic E-state index is 0.00196. The fraction of sp³-hybridized carbons (Fsp3) is 0.462. The lowest BCUT2D eigenvalue weighted by molar-refractivity contribution is 0.101. The molecule has 3 N–H and O–H groups in total. The van der Waals surface area contributed by atoms with E-state index in [1.165, 1.54) is 0 Å². The molecule has 1 aliphatic carbocycles. The van der Waals surface area contributed by atoms with Gasteiger partial charge < -0.3 is 15.5 Å². The second kappa shape index (κ2) is 5.59. The van der Waals surface area contributed by atoms with Crippen LogP contribution in [0.15, 0.2) is 24.3 Å². The number of aliphatic hydroxyl groups excluding tert-OH is 1. The molecular weight excluding hydrogens is 254 g/mol. The Hall–Kier alpha value is -1.26. The van der Waals surface area contributed by atoms with Crippen LogP contribution in [-0.2, 0) is 0 Å². The third-order valence-electron chi connectivity index (χ3n) is 3.43. The van der Waals surface area contributed by atoms with Crippen LogP contribution < -0.4 is 5.32 Å². The number of aliphatic hydroxyl groups is 1. The quantitative estimate of drug-likeness (QED) is 0.773. The first-order valence-corrected chi connectivity index (χ1v) is 6.37. The monoisotopic (exact) mass is 269 g/mol. The maximum Gasteiger partial charge on any atom is 0.404 e. The molecule has 0 spiro atoms. The summed E-state index contributed by atoms with van der Waals surface area (Å²) >= 11 is 5.84. The van der Waals surface area contributed by atoms with E-state index in [-0.39, 0.29) is 18.1 Å². The van der Waals surface area contributed by atoms with Gasteiger partial charge in [-0.05, 0) is 37.0 Å². The van der Waals surface area contributed by atoms with E-state index in [0.717, 1.165) is 5.56 Å². The van der Waals surface area contributed by atoms with Crippen molar-refractivity contribution in [2.45, 2.75) is 37.3 Å². The van der Waals surface area contributed by atoms with Crippen molar-refractivity contribution < 1.29 is 15.0 Å². The number of carbonyl (C=O) groups is 1. The van der Waals surface area contributed by atoms with Crippen LogP contribution in [0.1, 0.15) is 30.7 Å². The highest BCUT2D eigenvalue weighted by atomic mass is 35.5. The van der Waals surface area contributed by atoms with E-state index in [2.05, 4.69) is 5.32 Å². The van der Waals surface area contributed by atoms with Gasteiger partial charge in [-0.15, -0.1) is 0 Å². The van der Waals surface area contributed by atoms with Crippen LogP contribution in [-0.4, -0.2) is 28.5 Å². The number of halogens is 1. The first-order valence-electron chi connectivity index (χ1n) is 5.99. The zero-order valence-electron chi connectivity index (χ0n) is 9.84. The van der Waals surface area contributed by atoms with Gasteiger partial charge >= 0.3 is 6.09 Å². The molecule has 98 valence electrons. The van der Waals surface area contributed by atoms with Gasteiger partial charge in [-0.25, -0.2) is 4.79 Å². The smallest absolute Gasteiger partial charge is 0.404 e. The van der Waals surface area contributed by atoms with Gasteiger partial charge in [-0.1, -0.05) is 23.7 Å². The van der Waals surface area contributed by atoms with E-state index in [0.29, 0.717) is 24.3 Å². The number of amides is 1. The minimum Gasteiger partial charge on any atom is -0.465 e. The van der Waals surface area contributed by atoms with Crippen molar-refractivity contribution in [2.24, 2.45) is 0 Å². The number of hydrogen-bond donors (Lipinski definition) is 3. The Balaban J connectivity index is 2.19. The summed E-state index contributed by atoms with van der Waals surface area (Å²) in [6, 6.07) is 7.21. The molecule has 2 rings (SSSR count). The van der Waals surface area contributed by atoms with Gasteiger partial charge in [0.2, 0.25) is 0 Å². The number of hydrogen-bond acceptors (Lipinski definition) is 2. The lowest BCUT2D eigenvalue weighted by Gasteiger charge is -2.34. The van der Waals surface area contributed by atoms with E-state index in [1.54, 1.807) is 12.1 Å². The molecule has 3 atom stereocenters. The molecular formula is C13H16ClNO3. The van der Waals surface area contributed by atoms with Crippen molar-refractivity contribution >= 4 is 17.7 Å². The third-order valence-corrected chi connectivity index (χ3v) is 3.68. The molecule has 1 aromatic carbocycles. The molecule has 1 fully saturated rings. The molecule has 0 heterocycles. The molecule has 1 aliphatic rings. The molecule has 1 amide bonds. The van der Waals surface area contributed by atoms with Gasteiger partial charge in [0, 0.05) is 17.0 Å². The van der Waals surface area contributed by atoms with Crippen molar-refractivity contribution in [1.82, 2.24) is 5.32 Å². The Morgan fingerprint density at radius 1 is 1.28 bits per heavy atom. The highest BCUT2D eigenvalue weighted by molar-refractivity contribution is 6.30. The Morgan fingerprint density at radius 2 is 1.94 bits per heavy atom. The zero-order chi connectivity index (χ0) is 13.1. The number of nitrogens with one attached hydrogen (secondary N) is 1. The lowest BCUT2D eigenvalue weighted by atomic mass is 9.78. The maximum atomic E-state index is 10.8. The van der Waals surface area contributed by atoms with Crippen LogP contribution in [0, 0.1) is 0 Å². The second-order valence-corrected chi connectivity index (χ2v) is 5.12. The van der Waals surface area contributed by atoms with Gasteiger partial charge in [0.15, 0.2) is 0 Å². The summed E-state index contributed by atoms with van der Waals surface area (Å²) in [5.41, 5.74) is 1.01. The molecule has 1 saturated carbocycles. The summed E-state index contributed by atoms with van der Waals surface area (Å²) in [6.07, 6.45) is 0.482. The van der Waals surface area contributed by atoms with Gasteiger partial charge in [-0.3, -0.25) is 0 Å². The summed E-state index contributed by atoms with van der Waals surface area (Å²) < 4.78 is 0. The Labute approximate surface area is 111 Å². The van der Waals surface area contributed by atoms with Crippen molar-refractivity contribution in [2.75, 3.05) is 0 Å². The fourth-order valence-electron chi connectivity index (χ4n) is 2.56. The standard InChI is InChI=1S/C13H16ClNO3/c14-9-3-1-8(2-4-9)11-7-10(16)5-6-12(11)15-13(17)18/h1-4,10-12,15-16H,5-7H2,(H,17,18)/t10-,11-,12+/m0/s1. The van der Waals surface area contributed by atoms with Crippen molar-refractivity contribution in [1.29, 1.82) is 0 Å². The van der Waals surface area contributed by atoms with Crippen LogP contribution in [0.3, 0.4) is 0 Å². The molecule has 0 radical (unpaired) electrons. The van der Waals surface area contributed by atoms with Crippen LogP contribution in [0.5, 0.6) is 0 Å². The predicted molar refractivity (Wildman–Crippen MR) is 69.0 cm³/mol. The molecule has 5 heteroatoms. The van der Waals surface area contributed by atoms with Gasteiger partial charge in [0.05, 0.1) is 6.10 Å². The van der Waals surface area contributed by atoms with Crippen LogP contribution in [0.2, 0.25) is 5.02 Å². The summed E-state index contributed by atoms with van der Waals surface area (Å²) in [4.78, 5) is 10.8. The van der Waals surface area contributed by atoms with E-state index >= 15 is 0 Å². The average Bonchev–Trinajstić information content (AvgIpc) is 2.32. The van der Waals surface area contributed by atoms with Crippen LogP contribution in [0.4, 0.5) is 4.79 Å². The van der Waals surface area contributed by atoms with Crippen molar-refractivity contribution in [3.05, 3.63) is 34.9 Å². The van der Waals surface area contributed by atoms with E-state index < -0.39 is 6.09 Å². The van der Waals surface area contributed by atoms with Gasteiger partial charge in [0.25, 0.3) is 0 Å². The highest BCUT2D eigenvalue weighted by Gasteiger charge is 2.31. The van der Waals surface area contributed by atoms with Crippen molar-refractivity contribution in [3.8, 4) is 0 Å². The molecule has 0 saturated heterocycles. The average molecular weight is 270 g/mol. The lowest BCUT2D eigenvalue weighted by Crippen LogP contribution is -2.43. The molecule has 0 aromatic heterocycles. The first-order chi connectivity index (χ1) is 8.56. The van der Waals surface area contributed by atoms with E-state index in [9.17, 15) is 9.90 Å². The van der Waals surface area contributed by atoms with Crippen molar-refractivity contribution in [3.63, 3.8) is 0 Å². The summed E-state index contributed by atoms with van der Waals surface area (Å²) in [5, 5.41) is 21.8. The minimum atomic E-state index is -1.02. The third kappa shape index (κ3) is 3.15. The summed E-state index contributed by atoms with van der Waals surface area (Å²) in [7, 11) is 0. The Bertz CT molecular complexity index is 421. The number of benzene rings is 1. The summed E-state index contributed by atoms with van der Waals surface area (Å²) in [5.74, 6) is 0.00196. The fourth-order valence-corrected chi connectivity index (χ4v) is 2.68. The van der Waals surface area contributed by atoms with Gasteiger partial charge in [-0.2, -0.15) is 0 Å². The van der Waals surface area contributed by atoms with Crippen LogP contribution >= 0.6 is 11.6 Å². The zero-order valence-corrected chi connectivity index (χ0v) is 10.6. The SMILES string of the molecule is O=C(O)N[C@@H]1CC[C@H](O)C[C@H]1c1ccc(Cl)cc1. The second-order valence-electron chi connectivity index (χ2n) is 4.68. The predicted octanol–water partition coefficient (Wildman–Crippen LogP) is 2.60. The largest absolute Gasteiger partial charge is 0.465 e. The number of rotatable bonds is 2. The highest BCUT2D eigenvalue weighted by Crippen LogP contribution is 2.33. The molecule has 0 bridgehead atoms. The summed E-state index contributed by atoms with van der Waals surface area (Å²) in [6.45, 7) is 0. The molecule has 18 heavy (non-hydrogen) atoms. The Kier molecular flexibility index (Phi) is 4.09. The molecule has 1 aromatic rings. The van der Waals surface area contributed by atoms with Gasteiger partial charge in [0.1, 0.15) is 0 Å². The maximum absolute atomic E-state index is 10.8. The first kappa shape index (κ1) is 13.2. The Morgan fingerprint density at radius 3 is 2.56 bits per heavy atom. The van der Waals surface area contributed by atoms with E-state index in [1.807, 2.05) is 12.1 Å².